The van der Waals surface area contributed by atoms with Crippen LogP contribution in [0.15, 0.2) is 0 Å². The van der Waals surface area contributed by atoms with Crippen molar-refractivity contribution in [1.82, 2.24) is 10.2 Å². The van der Waals surface area contributed by atoms with Crippen molar-refractivity contribution in [1.29, 1.82) is 0 Å². The first kappa shape index (κ1) is 14.5. The van der Waals surface area contributed by atoms with Crippen LogP contribution in [-0.4, -0.2) is 29.3 Å². The van der Waals surface area contributed by atoms with Gasteiger partial charge in [-0.25, -0.2) is 4.79 Å². The SMILES string of the molecule is O=C1NC(=O)C2(CCCC2)C(=O)N1CCC1CCCCC1. The predicted molar refractivity (Wildman–Crippen MR) is 77.3 cm³/mol. The minimum Gasteiger partial charge on any atom is -0.277 e. The van der Waals surface area contributed by atoms with Crippen LogP contribution in [0.3, 0.4) is 0 Å². The average Bonchev–Trinajstić information content (AvgIpc) is 2.97. The Balaban J connectivity index is 1.67. The fourth-order valence-electron chi connectivity index (χ4n) is 4.14. The molecular formula is C16H24N2O3. The summed E-state index contributed by atoms with van der Waals surface area (Å²) in [7, 11) is 0. The van der Waals surface area contributed by atoms with E-state index in [1.165, 1.54) is 37.0 Å². The highest BCUT2D eigenvalue weighted by Gasteiger charge is 2.54. The zero-order valence-electron chi connectivity index (χ0n) is 12.5. The van der Waals surface area contributed by atoms with E-state index in [9.17, 15) is 14.4 Å². The van der Waals surface area contributed by atoms with E-state index in [1.807, 2.05) is 0 Å². The van der Waals surface area contributed by atoms with Crippen LogP contribution < -0.4 is 5.32 Å². The molecule has 0 radical (unpaired) electrons. The molecule has 2 aliphatic carbocycles. The lowest BCUT2D eigenvalue weighted by Crippen LogP contribution is -2.63. The van der Waals surface area contributed by atoms with Gasteiger partial charge in [0.05, 0.1) is 0 Å². The Hall–Kier alpha value is -1.39. The van der Waals surface area contributed by atoms with E-state index in [0.29, 0.717) is 25.3 Å². The van der Waals surface area contributed by atoms with E-state index in [2.05, 4.69) is 5.32 Å². The second kappa shape index (κ2) is 5.78. The number of nitrogens with one attached hydrogen (secondary N) is 1. The molecule has 116 valence electrons. The highest BCUT2D eigenvalue weighted by molar-refractivity contribution is 6.19. The van der Waals surface area contributed by atoms with Crippen LogP contribution in [0, 0.1) is 11.3 Å². The molecular weight excluding hydrogens is 268 g/mol. The standard InChI is InChI=1S/C16H24N2O3/c19-13-16(9-4-5-10-16)14(20)18(15(21)17-13)11-8-12-6-2-1-3-7-12/h12H,1-11H2,(H,17,19,21). The number of hydrogen-bond donors (Lipinski definition) is 1. The molecule has 3 rings (SSSR count). The predicted octanol–water partition coefficient (Wildman–Crippen LogP) is 2.60. The summed E-state index contributed by atoms with van der Waals surface area (Å²) in [5.74, 6) is 0.00461. The number of rotatable bonds is 3. The number of nitrogens with zero attached hydrogens (tertiary/aromatic N) is 1. The van der Waals surface area contributed by atoms with E-state index >= 15 is 0 Å². The average molecular weight is 292 g/mol. The Morgan fingerprint density at radius 3 is 2.33 bits per heavy atom. The molecule has 3 fully saturated rings. The summed E-state index contributed by atoms with van der Waals surface area (Å²) in [6.45, 7) is 0.463. The molecule has 5 heteroatoms. The van der Waals surface area contributed by atoms with Crippen molar-refractivity contribution in [2.75, 3.05) is 6.54 Å². The molecule has 1 aliphatic heterocycles. The largest absolute Gasteiger partial charge is 0.330 e. The van der Waals surface area contributed by atoms with Crippen molar-refractivity contribution >= 4 is 17.8 Å². The van der Waals surface area contributed by atoms with Crippen LogP contribution in [0.5, 0.6) is 0 Å². The highest BCUT2D eigenvalue weighted by atomic mass is 16.2. The minimum atomic E-state index is -0.944. The van der Waals surface area contributed by atoms with Gasteiger partial charge < -0.3 is 0 Å². The molecule has 1 N–H and O–H groups in total. The maximum Gasteiger partial charge on any atom is 0.330 e. The van der Waals surface area contributed by atoms with Gasteiger partial charge in [0.2, 0.25) is 11.8 Å². The van der Waals surface area contributed by atoms with Gasteiger partial charge in [0, 0.05) is 6.54 Å². The third-order valence-corrected chi connectivity index (χ3v) is 5.50. The topological polar surface area (TPSA) is 66.5 Å². The molecule has 21 heavy (non-hydrogen) atoms. The summed E-state index contributed by atoms with van der Waals surface area (Å²) in [4.78, 5) is 38.1. The number of urea groups is 1. The van der Waals surface area contributed by atoms with Crippen molar-refractivity contribution in [3.05, 3.63) is 0 Å². The van der Waals surface area contributed by atoms with Crippen LogP contribution >= 0.6 is 0 Å². The fourth-order valence-corrected chi connectivity index (χ4v) is 4.14. The van der Waals surface area contributed by atoms with E-state index in [0.717, 1.165) is 19.3 Å². The van der Waals surface area contributed by atoms with Gasteiger partial charge >= 0.3 is 6.03 Å². The zero-order chi connectivity index (χ0) is 14.9. The quantitative estimate of drug-likeness (QED) is 0.813. The lowest BCUT2D eigenvalue weighted by Gasteiger charge is -2.37. The van der Waals surface area contributed by atoms with E-state index in [4.69, 9.17) is 0 Å². The third-order valence-electron chi connectivity index (χ3n) is 5.50. The Kier molecular flexibility index (Phi) is 4.00. The van der Waals surface area contributed by atoms with E-state index in [1.54, 1.807) is 0 Å². The van der Waals surface area contributed by atoms with Crippen LogP contribution in [0.4, 0.5) is 4.79 Å². The van der Waals surface area contributed by atoms with Crippen molar-refractivity contribution in [2.45, 2.75) is 64.2 Å². The molecule has 1 spiro atoms. The number of hydrogen-bond acceptors (Lipinski definition) is 3. The summed E-state index contributed by atoms with van der Waals surface area (Å²) in [6.07, 6.45) is 10.1. The molecule has 3 aliphatic rings. The molecule has 4 amide bonds. The van der Waals surface area contributed by atoms with E-state index in [-0.39, 0.29) is 11.8 Å². The summed E-state index contributed by atoms with van der Waals surface area (Å²) < 4.78 is 0. The van der Waals surface area contributed by atoms with Crippen LogP contribution in [-0.2, 0) is 9.59 Å². The molecule has 0 aromatic heterocycles. The molecule has 0 unspecified atom stereocenters. The number of barbiturate groups is 1. The first-order chi connectivity index (χ1) is 10.1. The van der Waals surface area contributed by atoms with Crippen LogP contribution in [0.2, 0.25) is 0 Å². The maximum atomic E-state index is 12.7. The molecule has 5 nitrogen and oxygen atoms in total. The van der Waals surface area contributed by atoms with Gasteiger partial charge in [-0.15, -0.1) is 0 Å². The third kappa shape index (κ3) is 2.58. The summed E-state index contributed by atoms with van der Waals surface area (Å²) >= 11 is 0. The molecule has 1 heterocycles. The van der Waals surface area contributed by atoms with Gasteiger partial charge in [0.25, 0.3) is 0 Å². The number of imide groups is 2. The van der Waals surface area contributed by atoms with Gasteiger partial charge in [-0.2, -0.15) is 0 Å². The summed E-state index contributed by atoms with van der Waals surface area (Å²) in [5, 5.41) is 2.41. The molecule has 1 saturated heterocycles. The lowest BCUT2D eigenvalue weighted by atomic mass is 9.81. The number of amides is 4. The van der Waals surface area contributed by atoms with Gasteiger partial charge in [-0.1, -0.05) is 44.9 Å². The Morgan fingerprint density at radius 2 is 1.67 bits per heavy atom. The maximum absolute atomic E-state index is 12.7. The molecule has 0 bridgehead atoms. The zero-order valence-corrected chi connectivity index (χ0v) is 12.5. The van der Waals surface area contributed by atoms with Crippen molar-refractivity contribution in [3.63, 3.8) is 0 Å². The van der Waals surface area contributed by atoms with Gasteiger partial charge in [-0.05, 0) is 25.2 Å². The monoisotopic (exact) mass is 292 g/mol. The molecule has 0 atom stereocenters. The second-order valence-corrected chi connectivity index (χ2v) is 6.80. The van der Waals surface area contributed by atoms with Gasteiger partial charge in [-0.3, -0.25) is 19.8 Å². The van der Waals surface area contributed by atoms with Gasteiger partial charge in [0.1, 0.15) is 5.41 Å². The number of carbonyl (C=O) groups excluding carboxylic acids is 3. The van der Waals surface area contributed by atoms with Crippen molar-refractivity contribution in [2.24, 2.45) is 11.3 Å². The van der Waals surface area contributed by atoms with Crippen LogP contribution in [0.25, 0.3) is 0 Å². The minimum absolute atomic E-state index is 0.246. The first-order valence-corrected chi connectivity index (χ1v) is 8.31. The molecule has 0 aromatic rings. The molecule has 0 aromatic carbocycles. The first-order valence-electron chi connectivity index (χ1n) is 8.31. The van der Waals surface area contributed by atoms with Crippen LogP contribution in [0.1, 0.15) is 64.2 Å². The Bertz CT molecular complexity index is 448. The normalized spacial score (nSPS) is 26.5. The highest BCUT2D eigenvalue weighted by Crippen LogP contribution is 2.42. The lowest BCUT2D eigenvalue weighted by molar-refractivity contribution is -0.151. The Labute approximate surface area is 125 Å². The van der Waals surface area contributed by atoms with Crippen molar-refractivity contribution < 1.29 is 14.4 Å². The van der Waals surface area contributed by atoms with E-state index < -0.39 is 11.4 Å². The van der Waals surface area contributed by atoms with Gasteiger partial charge in [0.15, 0.2) is 0 Å². The summed E-state index contributed by atoms with van der Waals surface area (Å²) in [5.41, 5.74) is -0.944. The second-order valence-electron chi connectivity index (χ2n) is 6.80. The number of carbonyl (C=O) groups is 3. The fraction of sp³-hybridized carbons (Fsp3) is 0.812. The summed E-state index contributed by atoms with van der Waals surface area (Å²) in [6, 6.07) is -0.515. The smallest absolute Gasteiger partial charge is 0.277 e. The Morgan fingerprint density at radius 1 is 1.00 bits per heavy atom. The van der Waals surface area contributed by atoms with Crippen molar-refractivity contribution in [3.8, 4) is 0 Å². The molecule has 2 saturated carbocycles.